The molecular weight excluding hydrogens is 218 g/mol. The summed E-state index contributed by atoms with van der Waals surface area (Å²) in [6.07, 6.45) is 3.95. The maximum atomic E-state index is 11.8. The van der Waals surface area contributed by atoms with Crippen LogP contribution in [-0.4, -0.2) is 34.0 Å². The minimum absolute atomic E-state index is 0.133. The molecule has 0 radical (unpaired) electrons. The van der Waals surface area contributed by atoms with Crippen molar-refractivity contribution in [1.29, 1.82) is 0 Å². The number of carboxylic acid groups (broad SMARTS) is 1. The van der Waals surface area contributed by atoms with Crippen LogP contribution in [0.2, 0.25) is 0 Å². The van der Waals surface area contributed by atoms with Gasteiger partial charge in [-0.25, -0.2) is 4.79 Å². The van der Waals surface area contributed by atoms with E-state index in [1.54, 1.807) is 6.08 Å². The summed E-state index contributed by atoms with van der Waals surface area (Å²) in [5.74, 6) is -1.28. The van der Waals surface area contributed by atoms with E-state index in [0.717, 1.165) is 0 Å². The van der Waals surface area contributed by atoms with Crippen LogP contribution in [0.1, 0.15) is 26.7 Å². The van der Waals surface area contributed by atoms with Gasteiger partial charge < -0.3 is 10.0 Å². The van der Waals surface area contributed by atoms with E-state index in [4.69, 9.17) is 0 Å². The fourth-order valence-corrected chi connectivity index (χ4v) is 2.54. The van der Waals surface area contributed by atoms with Gasteiger partial charge >= 0.3 is 5.97 Å². The van der Waals surface area contributed by atoms with Crippen molar-refractivity contribution in [3.8, 4) is 0 Å². The lowest BCUT2D eigenvalue weighted by Crippen LogP contribution is -2.45. The third-order valence-corrected chi connectivity index (χ3v) is 3.40. The van der Waals surface area contributed by atoms with Crippen molar-refractivity contribution < 1.29 is 14.7 Å². The van der Waals surface area contributed by atoms with Gasteiger partial charge in [-0.3, -0.25) is 4.79 Å². The van der Waals surface area contributed by atoms with Crippen LogP contribution in [-0.2, 0) is 9.59 Å². The summed E-state index contributed by atoms with van der Waals surface area (Å²) in [7, 11) is 0. The third kappa shape index (κ3) is 2.40. The average Bonchev–Trinajstić information content (AvgIpc) is 2.51. The van der Waals surface area contributed by atoms with E-state index in [1.165, 1.54) is 11.0 Å². The molecule has 0 aliphatic carbocycles. The number of carbonyl (C=O) groups is 2. The van der Waals surface area contributed by atoms with Gasteiger partial charge in [0, 0.05) is 6.04 Å². The minimum Gasteiger partial charge on any atom is -0.480 e. The summed E-state index contributed by atoms with van der Waals surface area (Å²) >= 11 is 0. The topological polar surface area (TPSA) is 57.6 Å². The van der Waals surface area contributed by atoms with Crippen LogP contribution < -0.4 is 0 Å². The molecule has 1 rings (SSSR count). The lowest BCUT2D eigenvalue weighted by molar-refractivity contribution is -0.147. The molecule has 4 nitrogen and oxygen atoms in total. The number of rotatable bonds is 4. The van der Waals surface area contributed by atoms with Crippen molar-refractivity contribution in [2.45, 2.75) is 38.8 Å². The van der Waals surface area contributed by atoms with Crippen LogP contribution in [0.15, 0.2) is 25.3 Å². The summed E-state index contributed by atoms with van der Waals surface area (Å²) in [6, 6.07) is -0.896. The summed E-state index contributed by atoms with van der Waals surface area (Å²) in [4.78, 5) is 24.5. The summed E-state index contributed by atoms with van der Waals surface area (Å²) in [5, 5.41) is 9.19. The molecular formula is C13H19NO3. The molecule has 1 N–H and O–H groups in total. The Bertz CT molecular complexity index is 360. The highest BCUT2D eigenvalue weighted by molar-refractivity contribution is 5.91. The van der Waals surface area contributed by atoms with Gasteiger partial charge in [0.05, 0.1) is 0 Å². The molecule has 0 aromatic carbocycles. The first kappa shape index (κ1) is 13.5. The summed E-state index contributed by atoms with van der Waals surface area (Å²) in [6.45, 7) is 11.1. The van der Waals surface area contributed by atoms with E-state index in [2.05, 4.69) is 13.2 Å². The molecule has 0 aromatic heterocycles. The fraction of sp³-hybridized carbons (Fsp3) is 0.538. The second-order valence-electron chi connectivity index (χ2n) is 5.04. The van der Waals surface area contributed by atoms with Gasteiger partial charge in [-0.15, -0.1) is 6.58 Å². The van der Waals surface area contributed by atoms with Crippen molar-refractivity contribution in [2.75, 3.05) is 0 Å². The maximum Gasteiger partial charge on any atom is 0.326 e. The lowest BCUT2D eigenvalue weighted by Gasteiger charge is -2.32. The highest BCUT2D eigenvalue weighted by atomic mass is 16.4. The number of likely N-dealkylation sites (tertiary alicyclic amines) is 1. The van der Waals surface area contributed by atoms with E-state index in [9.17, 15) is 14.7 Å². The van der Waals surface area contributed by atoms with Crippen LogP contribution in [0.5, 0.6) is 0 Å². The van der Waals surface area contributed by atoms with Gasteiger partial charge in [0.25, 0.3) is 0 Å². The van der Waals surface area contributed by atoms with Crippen molar-refractivity contribution >= 4 is 11.9 Å². The molecule has 1 aliphatic rings. The predicted octanol–water partition coefficient (Wildman–Crippen LogP) is 1.83. The number of hydrogen-bond donors (Lipinski definition) is 1. The molecule has 0 aromatic rings. The molecule has 17 heavy (non-hydrogen) atoms. The zero-order chi connectivity index (χ0) is 13.2. The Hall–Kier alpha value is -1.58. The van der Waals surface area contributed by atoms with E-state index in [0.29, 0.717) is 12.8 Å². The first-order valence-corrected chi connectivity index (χ1v) is 5.63. The Morgan fingerprint density at radius 3 is 2.47 bits per heavy atom. The number of carbonyl (C=O) groups excluding carboxylic acids is 1. The van der Waals surface area contributed by atoms with Gasteiger partial charge in [-0.2, -0.15) is 0 Å². The van der Waals surface area contributed by atoms with Crippen molar-refractivity contribution in [3.63, 3.8) is 0 Å². The SMILES string of the molecule is C=CCC1N(C(=O)C=C)[C@H](C(=O)O)CC1(C)C. The Morgan fingerprint density at radius 1 is 1.47 bits per heavy atom. The van der Waals surface area contributed by atoms with Crippen LogP contribution in [0, 0.1) is 5.41 Å². The molecule has 1 saturated heterocycles. The quantitative estimate of drug-likeness (QED) is 0.599. The van der Waals surface area contributed by atoms with Crippen molar-refractivity contribution in [1.82, 2.24) is 4.90 Å². The molecule has 1 fully saturated rings. The Kier molecular flexibility index (Phi) is 3.76. The standard InChI is InChI=1S/C13H19NO3/c1-5-7-10-13(3,4)8-9(12(16)17)14(10)11(15)6-2/h5-6,9-10H,1-2,7-8H2,3-4H3,(H,16,17)/t9-,10?/m0/s1. The monoisotopic (exact) mass is 237 g/mol. The fourth-order valence-electron chi connectivity index (χ4n) is 2.54. The molecule has 0 bridgehead atoms. The molecule has 94 valence electrons. The van der Waals surface area contributed by atoms with Crippen molar-refractivity contribution in [3.05, 3.63) is 25.3 Å². The van der Waals surface area contributed by atoms with Gasteiger partial charge in [0.2, 0.25) is 5.91 Å². The van der Waals surface area contributed by atoms with Crippen molar-refractivity contribution in [2.24, 2.45) is 5.41 Å². The van der Waals surface area contributed by atoms with Crippen LogP contribution >= 0.6 is 0 Å². The first-order valence-electron chi connectivity index (χ1n) is 5.63. The Morgan fingerprint density at radius 2 is 2.06 bits per heavy atom. The number of nitrogens with zero attached hydrogens (tertiary/aromatic N) is 1. The minimum atomic E-state index is -0.958. The second-order valence-corrected chi connectivity index (χ2v) is 5.04. The average molecular weight is 237 g/mol. The van der Waals surface area contributed by atoms with Gasteiger partial charge in [0.15, 0.2) is 0 Å². The molecule has 1 unspecified atom stereocenters. The Balaban J connectivity index is 3.13. The van der Waals surface area contributed by atoms with Gasteiger partial charge in [-0.05, 0) is 24.3 Å². The van der Waals surface area contributed by atoms with Crippen LogP contribution in [0.4, 0.5) is 0 Å². The van der Waals surface area contributed by atoms with E-state index < -0.39 is 12.0 Å². The zero-order valence-electron chi connectivity index (χ0n) is 10.3. The zero-order valence-corrected chi connectivity index (χ0v) is 10.3. The largest absolute Gasteiger partial charge is 0.480 e. The lowest BCUT2D eigenvalue weighted by atomic mass is 9.82. The maximum absolute atomic E-state index is 11.8. The highest BCUT2D eigenvalue weighted by Gasteiger charge is 2.50. The summed E-state index contributed by atoms with van der Waals surface area (Å²) in [5.41, 5.74) is -0.226. The Labute approximate surface area is 102 Å². The summed E-state index contributed by atoms with van der Waals surface area (Å²) < 4.78 is 0. The molecule has 0 saturated carbocycles. The molecule has 1 heterocycles. The molecule has 0 spiro atoms. The number of aliphatic carboxylic acids is 1. The third-order valence-electron chi connectivity index (χ3n) is 3.40. The second kappa shape index (κ2) is 4.73. The van der Waals surface area contributed by atoms with Gasteiger partial charge in [-0.1, -0.05) is 26.5 Å². The van der Waals surface area contributed by atoms with E-state index in [-0.39, 0.29) is 17.4 Å². The number of amides is 1. The molecule has 1 aliphatic heterocycles. The van der Waals surface area contributed by atoms with Gasteiger partial charge in [0.1, 0.15) is 6.04 Å². The number of carboxylic acids is 1. The number of hydrogen-bond acceptors (Lipinski definition) is 2. The van der Waals surface area contributed by atoms with E-state index >= 15 is 0 Å². The highest BCUT2D eigenvalue weighted by Crippen LogP contribution is 2.42. The van der Waals surface area contributed by atoms with E-state index in [1.807, 2.05) is 13.8 Å². The van der Waals surface area contributed by atoms with Crippen LogP contribution in [0.25, 0.3) is 0 Å². The normalized spacial score (nSPS) is 26.6. The molecule has 2 atom stereocenters. The first-order chi connectivity index (χ1) is 7.85. The molecule has 1 amide bonds. The predicted molar refractivity (Wildman–Crippen MR) is 65.5 cm³/mol. The molecule has 4 heteroatoms. The van der Waals surface area contributed by atoms with Crippen LogP contribution in [0.3, 0.4) is 0 Å². The smallest absolute Gasteiger partial charge is 0.326 e.